The van der Waals surface area contributed by atoms with Gasteiger partial charge in [-0.2, -0.15) is 16.9 Å². The predicted molar refractivity (Wildman–Crippen MR) is 102 cm³/mol. The number of benzene rings is 1. The molecule has 128 valence electrons. The Hall–Kier alpha value is -2.54. The van der Waals surface area contributed by atoms with Crippen LogP contribution in [0.15, 0.2) is 55.1 Å². The van der Waals surface area contributed by atoms with Gasteiger partial charge in [0.25, 0.3) is 0 Å². The van der Waals surface area contributed by atoms with Gasteiger partial charge in [0.2, 0.25) is 0 Å². The lowest BCUT2D eigenvalue weighted by Gasteiger charge is -2.27. The molecule has 1 N–H and O–H groups in total. The van der Waals surface area contributed by atoms with Gasteiger partial charge in [-0.3, -0.25) is 0 Å². The molecule has 25 heavy (non-hydrogen) atoms. The average molecular weight is 352 g/mol. The number of anilines is 2. The Bertz CT molecular complexity index is 814. The SMILES string of the molecule is c1ccc(-n2cccn2)c(CNc2cc(N3CCSCC3)ncn2)c1. The second-order valence-corrected chi connectivity index (χ2v) is 7.02. The molecule has 0 saturated carbocycles. The smallest absolute Gasteiger partial charge is 0.134 e. The molecule has 1 fully saturated rings. The van der Waals surface area contributed by atoms with Crippen molar-refractivity contribution in [1.82, 2.24) is 19.7 Å². The van der Waals surface area contributed by atoms with E-state index in [1.165, 1.54) is 5.56 Å². The molecule has 1 aliphatic rings. The molecule has 1 aliphatic heterocycles. The fraction of sp³-hybridized carbons (Fsp3) is 0.278. The number of thioether (sulfide) groups is 1. The molecular weight excluding hydrogens is 332 g/mol. The molecule has 1 saturated heterocycles. The van der Waals surface area contributed by atoms with Crippen molar-refractivity contribution in [1.29, 1.82) is 0 Å². The standard InChI is InChI=1S/C18H20N6S/c1-2-5-16(24-7-3-6-22-24)15(4-1)13-19-17-12-18(21-14-20-17)23-8-10-25-11-9-23/h1-7,12,14H,8-11,13H2,(H,19,20,21). The maximum atomic E-state index is 4.43. The van der Waals surface area contributed by atoms with E-state index in [0.29, 0.717) is 6.54 Å². The third-order valence-electron chi connectivity index (χ3n) is 4.19. The number of para-hydroxylation sites is 1. The van der Waals surface area contributed by atoms with Crippen LogP contribution in [0.3, 0.4) is 0 Å². The summed E-state index contributed by atoms with van der Waals surface area (Å²) < 4.78 is 1.88. The van der Waals surface area contributed by atoms with Gasteiger partial charge in [0, 0.05) is 49.6 Å². The Labute approximate surface area is 151 Å². The Morgan fingerprint density at radius 3 is 2.80 bits per heavy atom. The third-order valence-corrected chi connectivity index (χ3v) is 5.13. The number of aromatic nitrogens is 4. The summed E-state index contributed by atoms with van der Waals surface area (Å²) in [5.74, 6) is 4.16. The fourth-order valence-electron chi connectivity index (χ4n) is 2.89. The van der Waals surface area contributed by atoms with Crippen molar-refractivity contribution in [3.63, 3.8) is 0 Å². The van der Waals surface area contributed by atoms with Crippen LogP contribution in [0, 0.1) is 0 Å². The summed E-state index contributed by atoms with van der Waals surface area (Å²) in [6.45, 7) is 2.77. The van der Waals surface area contributed by atoms with Gasteiger partial charge in [-0.1, -0.05) is 18.2 Å². The molecule has 0 unspecified atom stereocenters. The third kappa shape index (κ3) is 3.76. The summed E-state index contributed by atoms with van der Waals surface area (Å²) >= 11 is 2.00. The van der Waals surface area contributed by atoms with Crippen molar-refractivity contribution < 1.29 is 0 Å². The van der Waals surface area contributed by atoms with Gasteiger partial charge in [0.1, 0.15) is 18.0 Å². The van der Waals surface area contributed by atoms with Crippen LogP contribution in [0.2, 0.25) is 0 Å². The normalized spacial score (nSPS) is 14.5. The Balaban J connectivity index is 1.49. The fourth-order valence-corrected chi connectivity index (χ4v) is 3.79. The van der Waals surface area contributed by atoms with Crippen LogP contribution >= 0.6 is 11.8 Å². The van der Waals surface area contributed by atoms with E-state index in [1.807, 2.05) is 46.9 Å². The zero-order chi connectivity index (χ0) is 16.9. The number of hydrogen-bond acceptors (Lipinski definition) is 6. The first-order valence-corrected chi connectivity index (χ1v) is 9.52. The van der Waals surface area contributed by atoms with Gasteiger partial charge in [-0.25, -0.2) is 14.6 Å². The van der Waals surface area contributed by atoms with E-state index in [4.69, 9.17) is 0 Å². The molecular formula is C18H20N6S. The van der Waals surface area contributed by atoms with Crippen LogP contribution in [-0.4, -0.2) is 44.3 Å². The average Bonchev–Trinajstić information content (AvgIpc) is 3.22. The Kier molecular flexibility index (Phi) is 4.83. The number of nitrogens with zero attached hydrogens (tertiary/aromatic N) is 5. The number of nitrogens with one attached hydrogen (secondary N) is 1. The summed E-state index contributed by atoms with van der Waals surface area (Å²) in [7, 11) is 0. The molecule has 1 aromatic carbocycles. The highest BCUT2D eigenvalue weighted by atomic mass is 32.2. The minimum atomic E-state index is 0.683. The maximum absolute atomic E-state index is 4.43. The lowest BCUT2D eigenvalue weighted by molar-refractivity contribution is 0.834. The molecule has 2 aromatic heterocycles. The van der Waals surface area contributed by atoms with Gasteiger partial charge in [0.15, 0.2) is 0 Å². The van der Waals surface area contributed by atoms with E-state index >= 15 is 0 Å². The highest BCUT2D eigenvalue weighted by Crippen LogP contribution is 2.20. The Morgan fingerprint density at radius 2 is 1.96 bits per heavy atom. The largest absolute Gasteiger partial charge is 0.366 e. The van der Waals surface area contributed by atoms with Crippen LogP contribution in [0.25, 0.3) is 5.69 Å². The van der Waals surface area contributed by atoms with Crippen molar-refractivity contribution >= 4 is 23.4 Å². The van der Waals surface area contributed by atoms with Crippen LogP contribution in [-0.2, 0) is 6.54 Å². The van der Waals surface area contributed by atoms with Crippen molar-refractivity contribution in [2.24, 2.45) is 0 Å². The van der Waals surface area contributed by atoms with Crippen molar-refractivity contribution in [3.8, 4) is 5.69 Å². The first-order chi connectivity index (χ1) is 12.4. The summed E-state index contributed by atoms with van der Waals surface area (Å²) in [6.07, 6.45) is 5.38. The molecule has 0 amide bonds. The molecule has 0 spiro atoms. The van der Waals surface area contributed by atoms with Gasteiger partial charge < -0.3 is 10.2 Å². The van der Waals surface area contributed by atoms with Gasteiger partial charge in [0.05, 0.1) is 5.69 Å². The zero-order valence-corrected chi connectivity index (χ0v) is 14.7. The van der Waals surface area contributed by atoms with Crippen LogP contribution in [0.5, 0.6) is 0 Å². The van der Waals surface area contributed by atoms with E-state index in [0.717, 1.165) is 41.9 Å². The molecule has 4 rings (SSSR count). The molecule has 3 aromatic rings. The van der Waals surface area contributed by atoms with E-state index < -0.39 is 0 Å². The van der Waals surface area contributed by atoms with Gasteiger partial charge in [-0.15, -0.1) is 0 Å². The lowest BCUT2D eigenvalue weighted by Crippen LogP contribution is -2.33. The quantitative estimate of drug-likeness (QED) is 0.762. The highest BCUT2D eigenvalue weighted by Gasteiger charge is 2.13. The van der Waals surface area contributed by atoms with Gasteiger partial charge >= 0.3 is 0 Å². The van der Waals surface area contributed by atoms with Crippen LogP contribution in [0.4, 0.5) is 11.6 Å². The molecule has 0 bridgehead atoms. The molecule has 0 radical (unpaired) electrons. The monoisotopic (exact) mass is 352 g/mol. The summed E-state index contributed by atoms with van der Waals surface area (Å²) in [5, 5.41) is 7.75. The minimum absolute atomic E-state index is 0.683. The van der Waals surface area contributed by atoms with Crippen molar-refractivity contribution in [2.45, 2.75) is 6.54 Å². The summed E-state index contributed by atoms with van der Waals surface area (Å²) in [4.78, 5) is 11.1. The first-order valence-electron chi connectivity index (χ1n) is 8.37. The zero-order valence-electron chi connectivity index (χ0n) is 13.9. The molecule has 3 heterocycles. The van der Waals surface area contributed by atoms with Crippen LogP contribution < -0.4 is 10.2 Å². The first kappa shape index (κ1) is 16.0. The Morgan fingerprint density at radius 1 is 1.08 bits per heavy atom. The molecule has 0 aliphatic carbocycles. The summed E-state index contributed by atoms with van der Waals surface area (Å²) in [6, 6.07) is 12.2. The minimum Gasteiger partial charge on any atom is -0.366 e. The maximum Gasteiger partial charge on any atom is 0.134 e. The number of hydrogen-bond donors (Lipinski definition) is 1. The second-order valence-electron chi connectivity index (χ2n) is 5.79. The molecule has 7 heteroatoms. The summed E-state index contributed by atoms with van der Waals surface area (Å²) in [5.41, 5.74) is 2.24. The molecule has 0 atom stereocenters. The van der Waals surface area contributed by atoms with E-state index in [2.05, 4.69) is 37.4 Å². The second kappa shape index (κ2) is 7.57. The predicted octanol–water partition coefficient (Wildman–Crippen LogP) is 2.83. The molecule has 6 nitrogen and oxygen atoms in total. The van der Waals surface area contributed by atoms with Crippen molar-refractivity contribution in [2.75, 3.05) is 34.8 Å². The number of rotatable bonds is 5. The van der Waals surface area contributed by atoms with Crippen LogP contribution in [0.1, 0.15) is 5.56 Å². The van der Waals surface area contributed by atoms with E-state index in [-0.39, 0.29) is 0 Å². The topological polar surface area (TPSA) is 58.9 Å². The highest BCUT2D eigenvalue weighted by molar-refractivity contribution is 7.99. The van der Waals surface area contributed by atoms with Crippen molar-refractivity contribution in [3.05, 3.63) is 60.7 Å². The lowest BCUT2D eigenvalue weighted by atomic mass is 10.2. The van der Waals surface area contributed by atoms with E-state index in [9.17, 15) is 0 Å². The van der Waals surface area contributed by atoms with Gasteiger partial charge in [-0.05, 0) is 17.7 Å². The van der Waals surface area contributed by atoms with E-state index in [1.54, 1.807) is 12.5 Å².